The topological polar surface area (TPSA) is 38.5 Å². The number of halogens is 1. The second-order valence-electron chi connectivity index (χ2n) is 4.57. The number of morpholine rings is 1. The maximum absolute atomic E-state index is 5.84. The van der Waals surface area contributed by atoms with Crippen molar-refractivity contribution in [2.75, 3.05) is 23.7 Å². The summed E-state index contributed by atoms with van der Waals surface area (Å²) in [6, 6.07) is 6.14. The van der Waals surface area contributed by atoms with Crippen LogP contribution in [0.5, 0.6) is 0 Å². The molecule has 2 saturated heterocycles. The minimum absolute atomic E-state index is 0.437. The summed E-state index contributed by atoms with van der Waals surface area (Å²) in [5.74, 6) is 0. The third-order valence-electron chi connectivity index (χ3n) is 3.36. The number of nitrogens with two attached hydrogens (primary N) is 1. The van der Waals surface area contributed by atoms with Gasteiger partial charge in [0.15, 0.2) is 0 Å². The highest BCUT2D eigenvalue weighted by Crippen LogP contribution is 2.32. The molecule has 2 bridgehead atoms. The van der Waals surface area contributed by atoms with E-state index in [0.29, 0.717) is 12.2 Å². The van der Waals surface area contributed by atoms with Crippen molar-refractivity contribution in [1.82, 2.24) is 0 Å². The number of anilines is 2. The Morgan fingerprint density at radius 1 is 1.25 bits per heavy atom. The smallest absolute Gasteiger partial charge is 0.0755 e. The van der Waals surface area contributed by atoms with E-state index in [-0.39, 0.29) is 0 Å². The standard InChI is InChI=1S/C12H15IN2O/c13-11-5-8(14)1-4-12(11)15-6-9-2-3-10(7-15)16-9/h1,4-5,9-10H,2-3,6-7,14H2. The molecule has 2 heterocycles. The van der Waals surface area contributed by atoms with Crippen LogP contribution >= 0.6 is 22.6 Å². The lowest BCUT2D eigenvalue weighted by atomic mass is 10.2. The number of nitrogen functional groups attached to an aromatic ring is 1. The highest BCUT2D eigenvalue weighted by molar-refractivity contribution is 14.1. The molecule has 0 aromatic heterocycles. The Kier molecular flexibility index (Phi) is 2.71. The summed E-state index contributed by atoms with van der Waals surface area (Å²) in [5.41, 5.74) is 7.91. The largest absolute Gasteiger partial charge is 0.399 e. The van der Waals surface area contributed by atoms with Crippen molar-refractivity contribution in [3.05, 3.63) is 21.8 Å². The number of fused-ring (bicyclic) bond motifs is 2. The number of ether oxygens (including phenoxy) is 1. The van der Waals surface area contributed by atoms with Gasteiger partial charge in [0.2, 0.25) is 0 Å². The van der Waals surface area contributed by atoms with Gasteiger partial charge in [-0.05, 0) is 53.6 Å². The second-order valence-corrected chi connectivity index (χ2v) is 5.74. The SMILES string of the molecule is Nc1ccc(N2CC3CCC(C2)O3)c(I)c1. The predicted molar refractivity (Wildman–Crippen MR) is 73.7 cm³/mol. The molecule has 1 aromatic carbocycles. The molecular weight excluding hydrogens is 315 g/mol. The van der Waals surface area contributed by atoms with Crippen LogP contribution in [0.15, 0.2) is 18.2 Å². The molecule has 0 spiro atoms. The third-order valence-corrected chi connectivity index (χ3v) is 4.22. The van der Waals surface area contributed by atoms with E-state index < -0.39 is 0 Å². The molecule has 16 heavy (non-hydrogen) atoms. The maximum atomic E-state index is 5.84. The van der Waals surface area contributed by atoms with Crippen LogP contribution in [0.2, 0.25) is 0 Å². The van der Waals surface area contributed by atoms with E-state index in [2.05, 4.69) is 33.6 Å². The lowest BCUT2D eigenvalue weighted by Crippen LogP contribution is -2.42. The Hall–Kier alpha value is -0.490. The fraction of sp³-hybridized carbons (Fsp3) is 0.500. The molecule has 2 atom stereocenters. The molecular formula is C12H15IN2O. The quantitative estimate of drug-likeness (QED) is 0.634. The molecule has 2 N–H and O–H groups in total. The fourth-order valence-electron chi connectivity index (χ4n) is 2.59. The van der Waals surface area contributed by atoms with Crippen molar-refractivity contribution >= 4 is 34.0 Å². The fourth-order valence-corrected chi connectivity index (χ4v) is 3.47. The normalized spacial score (nSPS) is 28.4. The highest BCUT2D eigenvalue weighted by atomic mass is 127. The first kappa shape index (κ1) is 10.7. The Labute approximate surface area is 109 Å². The average Bonchev–Trinajstić information content (AvgIpc) is 2.58. The number of hydrogen-bond acceptors (Lipinski definition) is 3. The van der Waals surface area contributed by atoms with Gasteiger partial charge in [-0.2, -0.15) is 0 Å². The van der Waals surface area contributed by atoms with E-state index in [0.717, 1.165) is 18.8 Å². The molecule has 0 amide bonds. The van der Waals surface area contributed by atoms with Gasteiger partial charge in [-0.3, -0.25) is 0 Å². The molecule has 86 valence electrons. The monoisotopic (exact) mass is 330 g/mol. The van der Waals surface area contributed by atoms with Crippen LogP contribution in [-0.2, 0) is 4.74 Å². The van der Waals surface area contributed by atoms with Gasteiger partial charge in [-0.25, -0.2) is 0 Å². The van der Waals surface area contributed by atoms with E-state index in [1.165, 1.54) is 22.1 Å². The van der Waals surface area contributed by atoms with Crippen molar-refractivity contribution in [1.29, 1.82) is 0 Å². The Morgan fingerprint density at radius 2 is 1.94 bits per heavy atom. The molecule has 3 nitrogen and oxygen atoms in total. The van der Waals surface area contributed by atoms with E-state index in [1.807, 2.05) is 12.1 Å². The van der Waals surface area contributed by atoms with E-state index in [9.17, 15) is 0 Å². The van der Waals surface area contributed by atoms with Gasteiger partial charge in [0.05, 0.1) is 17.9 Å². The Morgan fingerprint density at radius 3 is 2.56 bits per heavy atom. The van der Waals surface area contributed by atoms with Crippen LogP contribution in [0.1, 0.15) is 12.8 Å². The van der Waals surface area contributed by atoms with Crippen molar-refractivity contribution in [2.45, 2.75) is 25.0 Å². The predicted octanol–water partition coefficient (Wildman–Crippen LogP) is 2.24. The average molecular weight is 330 g/mol. The van der Waals surface area contributed by atoms with Crippen molar-refractivity contribution < 1.29 is 4.74 Å². The molecule has 0 saturated carbocycles. The third kappa shape index (κ3) is 1.88. The van der Waals surface area contributed by atoms with Gasteiger partial charge in [0.25, 0.3) is 0 Å². The lowest BCUT2D eigenvalue weighted by molar-refractivity contribution is 0.0304. The van der Waals surface area contributed by atoms with Crippen molar-refractivity contribution in [3.8, 4) is 0 Å². The van der Waals surface area contributed by atoms with E-state index in [4.69, 9.17) is 10.5 Å². The molecule has 2 aliphatic rings. The van der Waals surface area contributed by atoms with Gasteiger partial charge < -0.3 is 15.4 Å². The van der Waals surface area contributed by atoms with Gasteiger partial charge in [-0.15, -0.1) is 0 Å². The number of hydrogen-bond donors (Lipinski definition) is 1. The van der Waals surface area contributed by atoms with Gasteiger partial charge >= 0.3 is 0 Å². The first-order valence-electron chi connectivity index (χ1n) is 5.68. The molecule has 3 rings (SSSR count). The summed E-state index contributed by atoms with van der Waals surface area (Å²) in [7, 11) is 0. The zero-order chi connectivity index (χ0) is 11.1. The first-order chi connectivity index (χ1) is 7.72. The van der Waals surface area contributed by atoms with E-state index in [1.54, 1.807) is 0 Å². The number of rotatable bonds is 1. The van der Waals surface area contributed by atoms with Crippen LogP contribution in [-0.4, -0.2) is 25.3 Å². The Bertz CT molecular complexity index is 398. The zero-order valence-corrected chi connectivity index (χ0v) is 11.2. The van der Waals surface area contributed by atoms with Crippen LogP contribution in [0, 0.1) is 3.57 Å². The second kappa shape index (κ2) is 4.07. The molecule has 2 aliphatic heterocycles. The first-order valence-corrected chi connectivity index (χ1v) is 6.75. The Balaban J connectivity index is 1.87. The van der Waals surface area contributed by atoms with Gasteiger partial charge in [0, 0.05) is 22.3 Å². The number of nitrogens with zero attached hydrogens (tertiary/aromatic N) is 1. The summed E-state index contributed by atoms with van der Waals surface area (Å²) in [6.07, 6.45) is 3.30. The van der Waals surface area contributed by atoms with Crippen LogP contribution in [0.3, 0.4) is 0 Å². The summed E-state index contributed by atoms with van der Waals surface area (Å²) in [5, 5.41) is 0. The van der Waals surface area contributed by atoms with Crippen molar-refractivity contribution in [3.63, 3.8) is 0 Å². The molecule has 0 radical (unpaired) electrons. The maximum Gasteiger partial charge on any atom is 0.0755 e. The molecule has 2 unspecified atom stereocenters. The minimum Gasteiger partial charge on any atom is -0.399 e. The highest BCUT2D eigenvalue weighted by Gasteiger charge is 2.34. The molecule has 2 fully saturated rings. The van der Waals surface area contributed by atoms with Gasteiger partial charge in [0.1, 0.15) is 0 Å². The van der Waals surface area contributed by atoms with E-state index >= 15 is 0 Å². The van der Waals surface area contributed by atoms with Crippen LogP contribution in [0.4, 0.5) is 11.4 Å². The summed E-state index contributed by atoms with van der Waals surface area (Å²) < 4.78 is 7.08. The summed E-state index contributed by atoms with van der Waals surface area (Å²) in [4.78, 5) is 2.44. The summed E-state index contributed by atoms with van der Waals surface area (Å²) in [6.45, 7) is 2.05. The molecule has 0 aliphatic carbocycles. The molecule has 1 aromatic rings. The minimum atomic E-state index is 0.437. The molecule has 4 heteroatoms. The lowest BCUT2D eigenvalue weighted by Gasteiger charge is -2.34. The van der Waals surface area contributed by atoms with Crippen LogP contribution < -0.4 is 10.6 Å². The van der Waals surface area contributed by atoms with Crippen molar-refractivity contribution in [2.24, 2.45) is 0 Å². The number of benzene rings is 1. The zero-order valence-electron chi connectivity index (χ0n) is 9.03. The van der Waals surface area contributed by atoms with Gasteiger partial charge in [-0.1, -0.05) is 0 Å². The van der Waals surface area contributed by atoms with Crippen LogP contribution in [0.25, 0.3) is 0 Å². The summed E-state index contributed by atoms with van der Waals surface area (Å²) >= 11 is 2.36.